The van der Waals surface area contributed by atoms with E-state index in [1.54, 1.807) is 0 Å². The Balaban J connectivity index is 1.70. The van der Waals surface area contributed by atoms with Crippen LogP contribution in [0.25, 0.3) is 0 Å². The highest BCUT2D eigenvalue weighted by atomic mass is 16.5. The molecule has 7 heteroatoms. The van der Waals surface area contributed by atoms with Crippen molar-refractivity contribution < 1.29 is 23.9 Å². The number of rotatable bonds is 7. The van der Waals surface area contributed by atoms with Gasteiger partial charge in [0.25, 0.3) is 17.7 Å². The number of carbonyl (C=O) groups excluding carboxylic acids is 4. The fraction of sp³-hybridized carbons (Fsp3) is 0.474. The number of carbonyl (C=O) groups is 4. The summed E-state index contributed by atoms with van der Waals surface area (Å²) in [5, 5.41) is 2.77. The van der Waals surface area contributed by atoms with Gasteiger partial charge in [-0.3, -0.25) is 19.3 Å². The third-order valence-corrected chi connectivity index (χ3v) is 4.52. The van der Waals surface area contributed by atoms with Crippen molar-refractivity contribution in [2.75, 3.05) is 6.54 Å². The van der Waals surface area contributed by atoms with E-state index in [1.807, 2.05) is 6.92 Å². The van der Waals surface area contributed by atoms with E-state index in [1.165, 1.54) is 30.0 Å². The molecule has 1 aromatic carbocycles. The van der Waals surface area contributed by atoms with Gasteiger partial charge in [-0.05, 0) is 44.4 Å². The highest BCUT2D eigenvalue weighted by molar-refractivity contribution is 6.22. The number of benzene rings is 1. The maximum absolute atomic E-state index is 12.4. The first kappa shape index (κ1) is 18.1. The maximum Gasteiger partial charge on any atom is 0.338 e. The first-order valence-electron chi connectivity index (χ1n) is 8.94. The minimum absolute atomic E-state index is 0.147. The summed E-state index contributed by atoms with van der Waals surface area (Å²) in [6.07, 6.45) is 2.57. The van der Waals surface area contributed by atoms with Gasteiger partial charge in [-0.25, -0.2) is 4.79 Å². The molecule has 3 amide bonds. The molecule has 0 radical (unpaired) electrons. The number of imide groups is 1. The predicted octanol–water partition coefficient (Wildman–Crippen LogP) is 1.91. The normalized spacial score (nSPS) is 17.1. The Hall–Kier alpha value is -2.70. The summed E-state index contributed by atoms with van der Waals surface area (Å²) in [7, 11) is 0. The molecule has 7 nitrogen and oxygen atoms in total. The lowest BCUT2D eigenvalue weighted by atomic mass is 10.1. The van der Waals surface area contributed by atoms with E-state index in [9.17, 15) is 19.2 Å². The first-order valence-corrected chi connectivity index (χ1v) is 8.94. The molecule has 0 spiro atoms. The van der Waals surface area contributed by atoms with Crippen molar-refractivity contribution in [1.29, 1.82) is 0 Å². The van der Waals surface area contributed by atoms with Crippen molar-refractivity contribution >= 4 is 23.7 Å². The second-order valence-electron chi connectivity index (χ2n) is 6.71. The monoisotopic (exact) mass is 358 g/mol. The number of fused-ring (bicyclic) bond motifs is 1. The molecule has 1 atom stereocenters. The average molecular weight is 358 g/mol. The fourth-order valence-corrected chi connectivity index (χ4v) is 2.77. The van der Waals surface area contributed by atoms with Crippen LogP contribution in [0.2, 0.25) is 0 Å². The van der Waals surface area contributed by atoms with Gasteiger partial charge in [-0.15, -0.1) is 0 Å². The number of unbranched alkanes of at least 4 members (excludes halogenated alkanes) is 1. The number of esters is 1. The molecule has 2 aliphatic rings. The number of amides is 3. The molecule has 0 saturated heterocycles. The Bertz CT molecular complexity index is 769. The van der Waals surface area contributed by atoms with E-state index in [0.717, 1.165) is 25.7 Å². The summed E-state index contributed by atoms with van der Waals surface area (Å²) in [5.74, 6) is -1.76. The second kappa shape index (κ2) is 7.27. The molecular weight excluding hydrogens is 336 g/mol. The quantitative estimate of drug-likeness (QED) is 0.594. The zero-order valence-corrected chi connectivity index (χ0v) is 14.9. The van der Waals surface area contributed by atoms with Crippen LogP contribution in [0.5, 0.6) is 0 Å². The molecule has 138 valence electrons. The summed E-state index contributed by atoms with van der Waals surface area (Å²) in [6, 6.07) is 4.46. The van der Waals surface area contributed by atoms with E-state index >= 15 is 0 Å². The van der Waals surface area contributed by atoms with Crippen LogP contribution >= 0.6 is 0 Å². The summed E-state index contributed by atoms with van der Waals surface area (Å²) >= 11 is 0. The van der Waals surface area contributed by atoms with Crippen molar-refractivity contribution in [3.63, 3.8) is 0 Å². The zero-order chi connectivity index (χ0) is 18.8. The van der Waals surface area contributed by atoms with Crippen molar-refractivity contribution in [3.8, 4) is 0 Å². The van der Waals surface area contributed by atoms with Crippen LogP contribution in [0.15, 0.2) is 18.2 Å². The summed E-state index contributed by atoms with van der Waals surface area (Å²) < 4.78 is 5.18. The first-order chi connectivity index (χ1) is 12.4. The van der Waals surface area contributed by atoms with E-state index in [2.05, 4.69) is 5.32 Å². The van der Waals surface area contributed by atoms with Crippen LogP contribution in [0.1, 0.15) is 70.6 Å². The Morgan fingerprint density at radius 3 is 2.58 bits per heavy atom. The molecule has 1 fully saturated rings. The molecule has 1 saturated carbocycles. The van der Waals surface area contributed by atoms with Gasteiger partial charge in [0.05, 0.1) is 16.7 Å². The predicted molar refractivity (Wildman–Crippen MR) is 92.8 cm³/mol. The van der Waals surface area contributed by atoms with Gasteiger partial charge < -0.3 is 10.1 Å². The Morgan fingerprint density at radius 1 is 1.23 bits per heavy atom. The van der Waals surface area contributed by atoms with Gasteiger partial charge in [0, 0.05) is 12.6 Å². The van der Waals surface area contributed by atoms with Crippen LogP contribution in [0.4, 0.5) is 0 Å². The second-order valence-corrected chi connectivity index (χ2v) is 6.71. The van der Waals surface area contributed by atoms with Gasteiger partial charge >= 0.3 is 5.97 Å². The number of nitrogens with one attached hydrogen (secondary N) is 1. The lowest BCUT2D eigenvalue weighted by molar-refractivity contribution is -0.129. The highest BCUT2D eigenvalue weighted by Crippen LogP contribution is 2.25. The molecule has 0 bridgehead atoms. The van der Waals surface area contributed by atoms with E-state index in [4.69, 9.17) is 4.74 Å². The van der Waals surface area contributed by atoms with Crippen LogP contribution in [-0.4, -0.2) is 47.3 Å². The third-order valence-electron chi connectivity index (χ3n) is 4.52. The molecule has 1 heterocycles. The Morgan fingerprint density at radius 2 is 1.92 bits per heavy atom. The van der Waals surface area contributed by atoms with E-state index < -0.39 is 18.0 Å². The van der Waals surface area contributed by atoms with Crippen LogP contribution in [0.3, 0.4) is 0 Å². The Kier molecular flexibility index (Phi) is 5.06. The van der Waals surface area contributed by atoms with Crippen molar-refractivity contribution in [3.05, 3.63) is 34.9 Å². The lowest BCUT2D eigenvalue weighted by Gasteiger charge is -2.13. The van der Waals surface area contributed by atoms with E-state index in [0.29, 0.717) is 12.1 Å². The molecule has 3 rings (SSSR count). The molecule has 0 unspecified atom stereocenters. The third kappa shape index (κ3) is 3.61. The number of nitrogens with zero attached hydrogens (tertiary/aromatic N) is 1. The maximum atomic E-state index is 12.4. The van der Waals surface area contributed by atoms with E-state index in [-0.39, 0.29) is 29.0 Å². The topological polar surface area (TPSA) is 92.8 Å². The lowest BCUT2D eigenvalue weighted by Crippen LogP contribution is -2.37. The summed E-state index contributed by atoms with van der Waals surface area (Å²) in [6.45, 7) is 3.85. The van der Waals surface area contributed by atoms with Crippen LogP contribution in [0, 0.1) is 0 Å². The van der Waals surface area contributed by atoms with Gasteiger partial charge in [-0.2, -0.15) is 0 Å². The number of hydrogen-bond acceptors (Lipinski definition) is 5. The Labute approximate surface area is 151 Å². The minimum atomic E-state index is -0.922. The van der Waals surface area contributed by atoms with Crippen molar-refractivity contribution in [1.82, 2.24) is 10.2 Å². The summed E-state index contributed by atoms with van der Waals surface area (Å²) in [5.41, 5.74) is 0.645. The van der Waals surface area contributed by atoms with Crippen molar-refractivity contribution in [2.45, 2.75) is 51.7 Å². The molecule has 1 aliphatic carbocycles. The fourth-order valence-electron chi connectivity index (χ4n) is 2.77. The number of hydrogen-bond donors (Lipinski definition) is 1. The average Bonchev–Trinajstić information content (AvgIpc) is 3.40. The SMILES string of the molecule is CCCCN1C(=O)c2ccc(C(=O)O[C@@H](C)C(=O)NC3CC3)cc2C1=O. The van der Waals surface area contributed by atoms with Gasteiger partial charge in [0.15, 0.2) is 6.10 Å². The highest BCUT2D eigenvalue weighted by Gasteiger charge is 2.36. The minimum Gasteiger partial charge on any atom is -0.449 e. The summed E-state index contributed by atoms with van der Waals surface area (Å²) in [4.78, 5) is 50.1. The molecule has 26 heavy (non-hydrogen) atoms. The van der Waals surface area contributed by atoms with Crippen LogP contribution < -0.4 is 5.32 Å². The molecule has 1 N–H and O–H groups in total. The van der Waals surface area contributed by atoms with Gasteiger partial charge in [0.2, 0.25) is 0 Å². The zero-order valence-electron chi connectivity index (χ0n) is 14.9. The van der Waals surface area contributed by atoms with Gasteiger partial charge in [0.1, 0.15) is 0 Å². The molecule has 1 aliphatic heterocycles. The smallest absolute Gasteiger partial charge is 0.338 e. The molecular formula is C19H22N2O5. The van der Waals surface area contributed by atoms with Crippen LogP contribution in [-0.2, 0) is 9.53 Å². The standard InChI is InChI=1S/C19H22N2O5/c1-3-4-9-21-17(23)14-8-5-12(10-15(14)18(21)24)19(25)26-11(2)16(22)20-13-6-7-13/h5,8,10-11,13H,3-4,6-7,9H2,1-2H3,(H,20,22)/t11-/m0/s1. The molecule has 0 aromatic heterocycles. The largest absolute Gasteiger partial charge is 0.449 e. The number of ether oxygens (including phenoxy) is 1. The molecule has 1 aromatic rings. The van der Waals surface area contributed by atoms with Crippen molar-refractivity contribution in [2.24, 2.45) is 0 Å². The van der Waals surface area contributed by atoms with Gasteiger partial charge in [-0.1, -0.05) is 13.3 Å².